The zero-order chi connectivity index (χ0) is 21.6. The van der Waals surface area contributed by atoms with Gasteiger partial charge in [0.2, 0.25) is 0 Å². The van der Waals surface area contributed by atoms with Crippen molar-refractivity contribution in [2.75, 3.05) is 12.4 Å². The molecule has 2 aromatic carbocycles. The van der Waals surface area contributed by atoms with Gasteiger partial charge in [0.1, 0.15) is 17.5 Å². The number of halogens is 1. The van der Waals surface area contributed by atoms with E-state index in [0.717, 1.165) is 18.2 Å². The van der Waals surface area contributed by atoms with Crippen molar-refractivity contribution in [3.05, 3.63) is 63.5 Å². The number of carbonyl (C=O) groups excluding carboxylic acids is 2. The van der Waals surface area contributed by atoms with Crippen LogP contribution in [-0.2, 0) is 9.59 Å². The number of nitrogens with one attached hydrogen (secondary N) is 1. The van der Waals surface area contributed by atoms with Gasteiger partial charge in [0, 0.05) is 19.1 Å². The van der Waals surface area contributed by atoms with E-state index in [4.69, 9.17) is 9.47 Å². The number of hydrogen-bond acceptors (Lipinski definition) is 7. The van der Waals surface area contributed by atoms with Gasteiger partial charge in [-0.05, 0) is 29.8 Å². The molecule has 0 spiro atoms. The first-order chi connectivity index (χ1) is 13.7. The Bertz CT molecular complexity index is 1060. The monoisotopic (exact) mass is 399 g/mol. The number of rotatable bonds is 6. The number of esters is 1. The first-order valence-corrected chi connectivity index (χ1v) is 7.98. The van der Waals surface area contributed by atoms with Crippen molar-refractivity contribution in [2.24, 2.45) is 0 Å². The molecule has 1 N–H and O–H groups in total. The van der Waals surface area contributed by atoms with Crippen LogP contribution in [0.3, 0.4) is 0 Å². The van der Waals surface area contributed by atoms with E-state index < -0.39 is 39.6 Å². The molecule has 0 saturated carbocycles. The van der Waals surface area contributed by atoms with Crippen LogP contribution in [0.15, 0.2) is 42.0 Å². The third-order valence-electron chi connectivity index (χ3n) is 3.53. The zero-order valence-electron chi connectivity index (χ0n) is 15.3. The molecule has 0 fully saturated rings. The highest BCUT2D eigenvalue weighted by Gasteiger charge is 2.16. The number of hydrogen-bond donors (Lipinski definition) is 1. The summed E-state index contributed by atoms with van der Waals surface area (Å²) in [4.78, 5) is 33.5. The number of non-ortho nitro benzene ring substituents is 1. The van der Waals surface area contributed by atoms with E-state index in [0.29, 0.717) is 5.56 Å². The van der Waals surface area contributed by atoms with Crippen molar-refractivity contribution in [3.8, 4) is 17.6 Å². The summed E-state index contributed by atoms with van der Waals surface area (Å²) in [5.74, 6) is -2.07. The zero-order valence-corrected chi connectivity index (χ0v) is 15.3. The SMILES string of the molecule is COc1cc(/C=C(\C#N)C(=O)Nc2cc([N+](=O)[O-])ccc2F)ccc1OC(C)=O. The van der Waals surface area contributed by atoms with Gasteiger partial charge < -0.3 is 14.8 Å². The van der Waals surface area contributed by atoms with Gasteiger partial charge in [0.15, 0.2) is 11.5 Å². The van der Waals surface area contributed by atoms with Crippen molar-refractivity contribution >= 4 is 29.3 Å². The largest absolute Gasteiger partial charge is 0.493 e. The van der Waals surface area contributed by atoms with Gasteiger partial charge >= 0.3 is 5.97 Å². The van der Waals surface area contributed by atoms with Crippen molar-refractivity contribution in [1.29, 1.82) is 5.26 Å². The average molecular weight is 399 g/mol. The summed E-state index contributed by atoms with van der Waals surface area (Å²) in [6.45, 7) is 1.22. The lowest BCUT2D eigenvalue weighted by Crippen LogP contribution is -2.14. The minimum Gasteiger partial charge on any atom is -0.493 e. The smallest absolute Gasteiger partial charge is 0.308 e. The number of ether oxygens (including phenoxy) is 2. The van der Waals surface area contributed by atoms with E-state index in [9.17, 15) is 29.4 Å². The first-order valence-electron chi connectivity index (χ1n) is 7.98. The molecule has 0 radical (unpaired) electrons. The Morgan fingerprint density at radius 3 is 2.55 bits per heavy atom. The number of benzene rings is 2. The summed E-state index contributed by atoms with van der Waals surface area (Å²) in [5, 5.41) is 22.2. The van der Waals surface area contributed by atoms with E-state index in [1.165, 1.54) is 38.3 Å². The van der Waals surface area contributed by atoms with Gasteiger partial charge in [-0.1, -0.05) is 6.07 Å². The Balaban J connectivity index is 2.31. The Kier molecular flexibility index (Phi) is 6.60. The summed E-state index contributed by atoms with van der Waals surface area (Å²) in [5.41, 5.74) is -0.884. The van der Waals surface area contributed by atoms with Gasteiger partial charge in [-0.25, -0.2) is 4.39 Å². The lowest BCUT2D eigenvalue weighted by atomic mass is 10.1. The van der Waals surface area contributed by atoms with Crippen LogP contribution in [0, 0.1) is 27.3 Å². The molecule has 10 heteroatoms. The molecule has 0 heterocycles. The Morgan fingerprint density at radius 1 is 1.24 bits per heavy atom. The maximum atomic E-state index is 13.8. The Labute approximate surface area is 164 Å². The van der Waals surface area contributed by atoms with Gasteiger partial charge in [0.05, 0.1) is 17.7 Å². The fourth-order valence-electron chi connectivity index (χ4n) is 2.24. The van der Waals surface area contributed by atoms with Crippen LogP contribution >= 0.6 is 0 Å². The molecule has 0 aromatic heterocycles. The second-order valence-electron chi connectivity index (χ2n) is 5.55. The van der Waals surface area contributed by atoms with Crippen LogP contribution in [0.1, 0.15) is 12.5 Å². The highest BCUT2D eigenvalue weighted by atomic mass is 19.1. The summed E-state index contributed by atoms with van der Waals surface area (Å²) >= 11 is 0. The van der Waals surface area contributed by atoms with Gasteiger partial charge in [-0.3, -0.25) is 19.7 Å². The van der Waals surface area contributed by atoms with Gasteiger partial charge in [-0.15, -0.1) is 0 Å². The lowest BCUT2D eigenvalue weighted by Gasteiger charge is -2.09. The van der Waals surface area contributed by atoms with Crippen molar-refractivity contribution in [2.45, 2.75) is 6.92 Å². The number of methoxy groups -OCH3 is 1. The van der Waals surface area contributed by atoms with Crippen molar-refractivity contribution in [1.82, 2.24) is 0 Å². The Morgan fingerprint density at radius 2 is 1.97 bits per heavy atom. The summed E-state index contributed by atoms with van der Waals surface area (Å²) in [7, 11) is 1.35. The highest BCUT2D eigenvalue weighted by Crippen LogP contribution is 2.29. The summed E-state index contributed by atoms with van der Waals surface area (Å²) < 4.78 is 23.9. The molecular weight excluding hydrogens is 385 g/mol. The molecule has 0 aliphatic rings. The molecule has 148 valence electrons. The number of nitro benzene ring substituents is 1. The number of anilines is 1. The standard InChI is InChI=1S/C19H14FN3O6/c1-11(24)29-17-6-3-12(8-18(17)28-2)7-13(10-21)19(25)22-16-9-14(23(26)27)4-5-15(16)20/h3-9H,1-2H3,(H,22,25)/b13-7+. The van der Waals surface area contributed by atoms with Crippen LogP contribution in [0.25, 0.3) is 6.08 Å². The van der Waals surface area contributed by atoms with Crippen LogP contribution in [-0.4, -0.2) is 23.9 Å². The quantitative estimate of drug-likeness (QED) is 0.197. The minimum absolute atomic E-state index is 0.152. The van der Waals surface area contributed by atoms with E-state index in [1.54, 1.807) is 6.07 Å². The van der Waals surface area contributed by atoms with E-state index >= 15 is 0 Å². The highest BCUT2D eigenvalue weighted by molar-refractivity contribution is 6.09. The first kappa shape index (κ1) is 21.0. The molecule has 0 saturated heterocycles. The number of nitro groups is 1. The molecular formula is C19H14FN3O6. The van der Waals surface area contributed by atoms with Crippen LogP contribution < -0.4 is 14.8 Å². The second-order valence-corrected chi connectivity index (χ2v) is 5.55. The molecule has 2 aromatic rings. The van der Waals surface area contributed by atoms with Crippen LogP contribution in [0.5, 0.6) is 11.5 Å². The maximum Gasteiger partial charge on any atom is 0.308 e. The molecule has 29 heavy (non-hydrogen) atoms. The van der Waals surface area contributed by atoms with E-state index in [2.05, 4.69) is 5.32 Å². The van der Waals surface area contributed by atoms with E-state index in [-0.39, 0.29) is 11.5 Å². The summed E-state index contributed by atoms with van der Waals surface area (Å²) in [6.07, 6.45) is 1.20. The number of carbonyl (C=O) groups is 2. The fraction of sp³-hybridized carbons (Fsp3) is 0.105. The normalized spacial score (nSPS) is 10.6. The third-order valence-corrected chi connectivity index (χ3v) is 3.53. The molecule has 0 aliphatic heterocycles. The molecule has 9 nitrogen and oxygen atoms in total. The molecule has 1 amide bonds. The lowest BCUT2D eigenvalue weighted by molar-refractivity contribution is -0.384. The van der Waals surface area contributed by atoms with E-state index in [1.807, 2.05) is 0 Å². The molecule has 0 unspecified atom stereocenters. The fourth-order valence-corrected chi connectivity index (χ4v) is 2.24. The van der Waals surface area contributed by atoms with Gasteiger partial charge in [-0.2, -0.15) is 5.26 Å². The van der Waals surface area contributed by atoms with Crippen LogP contribution in [0.2, 0.25) is 0 Å². The molecule has 0 atom stereocenters. The topological polar surface area (TPSA) is 132 Å². The summed E-state index contributed by atoms with van der Waals surface area (Å²) in [6, 6.07) is 8.62. The Hall–Kier alpha value is -4.26. The minimum atomic E-state index is -0.963. The van der Waals surface area contributed by atoms with Crippen LogP contribution in [0.4, 0.5) is 15.8 Å². The number of amides is 1. The predicted molar refractivity (Wildman–Crippen MR) is 99.6 cm³/mol. The third kappa shape index (κ3) is 5.36. The van der Waals surface area contributed by atoms with Crippen molar-refractivity contribution in [3.63, 3.8) is 0 Å². The molecule has 0 aliphatic carbocycles. The van der Waals surface area contributed by atoms with Gasteiger partial charge in [0.25, 0.3) is 11.6 Å². The number of nitriles is 1. The van der Waals surface area contributed by atoms with Crippen molar-refractivity contribution < 1.29 is 28.4 Å². The second kappa shape index (κ2) is 9.09. The number of nitrogens with zero attached hydrogens (tertiary/aromatic N) is 2. The predicted octanol–water partition coefficient (Wildman–Crippen LogP) is 3.21. The maximum absolute atomic E-state index is 13.8. The molecule has 0 bridgehead atoms. The average Bonchev–Trinajstić information content (AvgIpc) is 2.67. The molecule has 2 rings (SSSR count).